The van der Waals surface area contributed by atoms with Crippen LogP contribution in [0.3, 0.4) is 0 Å². The summed E-state index contributed by atoms with van der Waals surface area (Å²) in [6.07, 6.45) is 2.84. The van der Waals surface area contributed by atoms with Gasteiger partial charge >= 0.3 is 11.4 Å². The fourth-order valence-electron chi connectivity index (χ4n) is 2.50. The van der Waals surface area contributed by atoms with Gasteiger partial charge in [-0.2, -0.15) is 0 Å². The standard InChI is InChI=1S/C13H13Cl2N3O2/c14-10-5-4-9(8-11(10)15)18-12(19)16-6-2-1-3-7-17(16)13(18)20/h4-5,8H,1-3,6-7H2. The summed E-state index contributed by atoms with van der Waals surface area (Å²) in [5, 5.41) is 0.714. The largest absolute Gasteiger partial charge is 0.351 e. The molecule has 5 nitrogen and oxygen atoms in total. The van der Waals surface area contributed by atoms with Crippen LogP contribution in [0.25, 0.3) is 5.69 Å². The highest BCUT2D eigenvalue weighted by Gasteiger charge is 2.19. The molecule has 0 N–H and O–H groups in total. The lowest BCUT2D eigenvalue weighted by molar-refractivity contribution is 0.466. The minimum atomic E-state index is -0.324. The first-order valence-electron chi connectivity index (χ1n) is 6.47. The average Bonchev–Trinajstić information content (AvgIpc) is 2.62. The van der Waals surface area contributed by atoms with Gasteiger partial charge in [0.1, 0.15) is 0 Å². The number of fused-ring (bicyclic) bond motifs is 1. The van der Waals surface area contributed by atoms with Crippen LogP contribution in [0.1, 0.15) is 19.3 Å². The van der Waals surface area contributed by atoms with Crippen molar-refractivity contribution >= 4 is 23.2 Å². The van der Waals surface area contributed by atoms with Crippen LogP contribution in [-0.2, 0) is 13.1 Å². The van der Waals surface area contributed by atoms with Gasteiger partial charge in [-0.1, -0.05) is 23.2 Å². The number of aromatic nitrogens is 3. The number of benzene rings is 1. The lowest BCUT2D eigenvalue weighted by atomic mass is 10.2. The van der Waals surface area contributed by atoms with Gasteiger partial charge in [0.25, 0.3) is 0 Å². The zero-order valence-electron chi connectivity index (χ0n) is 10.7. The molecule has 0 saturated carbocycles. The van der Waals surface area contributed by atoms with Crippen LogP contribution in [0.2, 0.25) is 10.0 Å². The zero-order valence-corrected chi connectivity index (χ0v) is 12.2. The maximum atomic E-state index is 12.4. The van der Waals surface area contributed by atoms with E-state index < -0.39 is 0 Å². The van der Waals surface area contributed by atoms with Crippen molar-refractivity contribution in [3.05, 3.63) is 49.2 Å². The molecule has 0 fully saturated rings. The highest BCUT2D eigenvalue weighted by Crippen LogP contribution is 2.23. The van der Waals surface area contributed by atoms with Crippen LogP contribution in [0.4, 0.5) is 0 Å². The normalized spacial score (nSPS) is 14.9. The number of hydrogen-bond donors (Lipinski definition) is 0. The molecular formula is C13H13Cl2N3O2. The van der Waals surface area contributed by atoms with Gasteiger partial charge < -0.3 is 0 Å². The molecule has 0 spiro atoms. The van der Waals surface area contributed by atoms with E-state index in [0.29, 0.717) is 28.8 Å². The summed E-state index contributed by atoms with van der Waals surface area (Å²) in [6.45, 7) is 1.14. The Morgan fingerprint density at radius 2 is 1.45 bits per heavy atom. The molecule has 1 aliphatic rings. The molecule has 0 bridgehead atoms. The van der Waals surface area contributed by atoms with E-state index in [-0.39, 0.29) is 11.4 Å². The summed E-state index contributed by atoms with van der Waals surface area (Å²) < 4.78 is 4.17. The molecule has 3 rings (SSSR count). The van der Waals surface area contributed by atoms with Gasteiger partial charge in [0.15, 0.2) is 0 Å². The van der Waals surface area contributed by atoms with E-state index in [9.17, 15) is 9.59 Å². The van der Waals surface area contributed by atoms with Crippen molar-refractivity contribution < 1.29 is 0 Å². The maximum absolute atomic E-state index is 12.4. The highest BCUT2D eigenvalue weighted by molar-refractivity contribution is 6.42. The third kappa shape index (κ3) is 2.11. The summed E-state index contributed by atoms with van der Waals surface area (Å²) >= 11 is 11.8. The fourth-order valence-corrected chi connectivity index (χ4v) is 2.79. The molecule has 2 heterocycles. The Morgan fingerprint density at radius 1 is 0.850 bits per heavy atom. The predicted molar refractivity (Wildman–Crippen MR) is 78.2 cm³/mol. The number of nitrogens with zero attached hydrogens (tertiary/aromatic N) is 3. The maximum Gasteiger partial charge on any atom is 0.351 e. The van der Waals surface area contributed by atoms with Crippen LogP contribution in [0.5, 0.6) is 0 Å². The molecule has 1 aromatic heterocycles. The number of halogens is 2. The molecule has 20 heavy (non-hydrogen) atoms. The lowest BCUT2D eigenvalue weighted by Crippen LogP contribution is -2.27. The molecule has 0 aliphatic carbocycles. The third-order valence-corrected chi connectivity index (χ3v) is 4.26. The van der Waals surface area contributed by atoms with Gasteiger partial charge in [0.2, 0.25) is 0 Å². The van der Waals surface area contributed by atoms with Crippen molar-refractivity contribution in [3.8, 4) is 5.69 Å². The molecule has 1 aliphatic heterocycles. The van der Waals surface area contributed by atoms with Crippen molar-refractivity contribution in [2.45, 2.75) is 32.4 Å². The quantitative estimate of drug-likeness (QED) is 0.811. The van der Waals surface area contributed by atoms with Gasteiger partial charge in [-0.3, -0.25) is 0 Å². The van der Waals surface area contributed by atoms with Crippen molar-refractivity contribution in [1.82, 2.24) is 13.9 Å². The number of hydrogen-bond acceptors (Lipinski definition) is 2. The molecule has 1 aromatic carbocycles. The highest BCUT2D eigenvalue weighted by atomic mass is 35.5. The minimum Gasteiger partial charge on any atom is -0.246 e. The van der Waals surface area contributed by atoms with Crippen molar-refractivity contribution in [2.75, 3.05) is 0 Å². The first-order chi connectivity index (χ1) is 9.59. The molecule has 2 aromatic rings. The Hall–Kier alpha value is -1.46. The molecule has 0 saturated heterocycles. The third-order valence-electron chi connectivity index (χ3n) is 3.52. The second-order valence-electron chi connectivity index (χ2n) is 4.81. The topological polar surface area (TPSA) is 48.9 Å². The first-order valence-corrected chi connectivity index (χ1v) is 7.23. The summed E-state index contributed by atoms with van der Waals surface area (Å²) in [6, 6.07) is 4.74. The van der Waals surface area contributed by atoms with E-state index in [4.69, 9.17) is 23.2 Å². The fraction of sp³-hybridized carbons (Fsp3) is 0.385. The molecule has 0 radical (unpaired) electrons. The van der Waals surface area contributed by atoms with Crippen LogP contribution >= 0.6 is 23.2 Å². The summed E-state index contributed by atoms with van der Waals surface area (Å²) in [4.78, 5) is 24.8. The number of rotatable bonds is 1. The van der Waals surface area contributed by atoms with E-state index in [1.807, 2.05) is 0 Å². The smallest absolute Gasteiger partial charge is 0.246 e. The van der Waals surface area contributed by atoms with Gasteiger partial charge in [-0.25, -0.2) is 23.5 Å². The molecular weight excluding hydrogens is 301 g/mol. The van der Waals surface area contributed by atoms with Crippen LogP contribution < -0.4 is 11.4 Å². The Balaban J connectivity index is 2.22. The molecule has 106 valence electrons. The van der Waals surface area contributed by atoms with Crippen LogP contribution in [0.15, 0.2) is 27.8 Å². The van der Waals surface area contributed by atoms with Crippen molar-refractivity contribution in [2.24, 2.45) is 0 Å². The van der Waals surface area contributed by atoms with Gasteiger partial charge in [-0.05, 0) is 37.5 Å². The second-order valence-corrected chi connectivity index (χ2v) is 5.62. The van der Waals surface area contributed by atoms with E-state index in [1.54, 1.807) is 12.1 Å². The van der Waals surface area contributed by atoms with Crippen LogP contribution in [0, 0.1) is 0 Å². The zero-order chi connectivity index (χ0) is 14.3. The van der Waals surface area contributed by atoms with Gasteiger partial charge in [0, 0.05) is 13.1 Å². The summed E-state index contributed by atoms with van der Waals surface area (Å²) in [5.74, 6) is 0. The molecule has 0 unspecified atom stereocenters. The Bertz CT molecular complexity index is 735. The summed E-state index contributed by atoms with van der Waals surface area (Å²) in [5.41, 5.74) is -0.201. The minimum absolute atomic E-state index is 0.321. The predicted octanol–water partition coefficient (Wildman–Crippen LogP) is 2.29. The van der Waals surface area contributed by atoms with Crippen molar-refractivity contribution in [1.29, 1.82) is 0 Å². The molecule has 7 heteroatoms. The van der Waals surface area contributed by atoms with Crippen molar-refractivity contribution in [3.63, 3.8) is 0 Å². The summed E-state index contributed by atoms with van der Waals surface area (Å²) in [7, 11) is 0. The van der Waals surface area contributed by atoms with Gasteiger partial charge in [0.05, 0.1) is 15.7 Å². The second kappa shape index (κ2) is 5.14. The Labute approximate surface area is 124 Å². The van der Waals surface area contributed by atoms with Gasteiger partial charge in [-0.15, -0.1) is 0 Å². The van der Waals surface area contributed by atoms with E-state index in [0.717, 1.165) is 23.8 Å². The Kier molecular flexibility index (Phi) is 3.48. The molecule has 0 amide bonds. The lowest BCUT2D eigenvalue weighted by Gasteiger charge is -2.01. The average molecular weight is 314 g/mol. The van der Waals surface area contributed by atoms with E-state index in [1.165, 1.54) is 15.4 Å². The SMILES string of the molecule is O=c1n(-c2ccc(Cl)c(Cl)c2)c(=O)n2n1CCCCC2. The Morgan fingerprint density at radius 3 is 2.00 bits per heavy atom. The monoisotopic (exact) mass is 313 g/mol. The van der Waals surface area contributed by atoms with Crippen LogP contribution in [-0.4, -0.2) is 13.9 Å². The van der Waals surface area contributed by atoms with E-state index >= 15 is 0 Å². The first kappa shape index (κ1) is 13.5. The molecule has 0 atom stereocenters. The van der Waals surface area contributed by atoms with E-state index in [2.05, 4.69) is 0 Å².